The molecule has 2 aliphatic rings. The van der Waals surface area contributed by atoms with Gasteiger partial charge < -0.3 is 4.90 Å². The number of nitrogens with zero attached hydrogens (tertiary/aromatic N) is 4. The molecular weight excluding hydrogens is 288 g/mol. The van der Waals surface area contributed by atoms with E-state index in [4.69, 9.17) is 0 Å². The second-order valence-corrected chi connectivity index (χ2v) is 3.86. The first kappa shape index (κ1) is 8.12. The highest BCUT2D eigenvalue weighted by molar-refractivity contribution is 9.18. The molecule has 2 rings (SSSR count). The third-order valence-electron chi connectivity index (χ3n) is 1.44. The van der Waals surface area contributed by atoms with Crippen LogP contribution >= 0.6 is 31.9 Å². The predicted octanol–water partition coefficient (Wildman–Crippen LogP) is 1.69. The largest absolute Gasteiger partial charge is 0.308 e. The summed E-state index contributed by atoms with van der Waals surface area (Å²) in [5, 5.41) is 0. The molecular formula is C6H4Br2N4. The Hall–Kier alpha value is -0.490. The average molecular weight is 292 g/mol. The van der Waals surface area contributed by atoms with E-state index in [0.717, 1.165) is 9.23 Å². The van der Waals surface area contributed by atoms with E-state index in [0.29, 0.717) is 0 Å². The van der Waals surface area contributed by atoms with Crippen molar-refractivity contribution in [3.63, 3.8) is 0 Å². The number of hydrogen-bond donors (Lipinski definition) is 0. The molecule has 2 aliphatic heterocycles. The molecule has 0 N–H and O–H groups in total. The molecule has 0 bridgehead atoms. The standard InChI is InChI=1S/C6H4Br2N4/c7-4-1-12-3-9-2-10-6(12)5(8)11-4/h1-3,6H/t6-/m1/s1. The van der Waals surface area contributed by atoms with E-state index in [9.17, 15) is 0 Å². The molecule has 0 saturated carbocycles. The normalized spacial score (nSPS) is 26.5. The van der Waals surface area contributed by atoms with Crippen LogP contribution in [0.5, 0.6) is 0 Å². The summed E-state index contributed by atoms with van der Waals surface area (Å²) in [7, 11) is 0. The summed E-state index contributed by atoms with van der Waals surface area (Å²) in [6, 6.07) is 0. The van der Waals surface area contributed by atoms with Gasteiger partial charge in [-0.05, 0) is 31.9 Å². The summed E-state index contributed by atoms with van der Waals surface area (Å²) in [6.45, 7) is 0. The van der Waals surface area contributed by atoms with Gasteiger partial charge in [0.25, 0.3) is 0 Å². The third-order valence-corrected chi connectivity index (χ3v) is 2.41. The van der Waals surface area contributed by atoms with Crippen molar-refractivity contribution in [2.75, 3.05) is 0 Å². The van der Waals surface area contributed by atoms with Gasteiger partial charge in [0.15, 0.2) is 6.17 Å². The highest BCUT2D eigenvalue weighted by Gasteiger charge is 2.23. The molecule has 2 heterocycles. The summed E-state index contributed by atoms with van der Waals surface area (Å²) < 4.78 is 1.54. The Morgan fingerprint density at radius 3 is 3.08 bits per heavy atom. The van der Waals surface area contributed by atoms with Crippen molar-refractivity contribution in [1.29, 1.82) is 0 Å². The van der Waals surface area contributed by atoms with E-state index in [1.54, 1.807) is 6.34 Å². The molecule has 0 spiro atoms. The molecule has 12 heavy (non-hydrogen) atoms. The van der Waals surface area contributed by atoms with Gasteiger partial charge in [-0.3, -0.25) is 0 Å². The fourth-order valence-electron chi connectivity index (χ4n) is 0.949. The lowest BCUT2D eigenvalue weighted by atomic mass is 10.4. The lowest BCUT2D eigenvalue weighted by Gasteiger charge is -2.26. The summed E-state index contributed by atoms with van der Waals surface area (Å²) in [5.74, 6) is 0. The quantitative estimate of drug-likeness (QED) is 0.626. The first-order valence-corrected chi connectivity index (χ1v) is 4.80. The van der Waals surface area contributed by atoms with E-state index in [-0.39, 0.29) is 6.17 Å². The van der Waals surface area contributed by atoms with Crippen LogP contribution in [0.1, 0.15) is 0 Å². The SMILES string of the molecule is BrC1=CN2C=NC=N[C@H]2C(Br)=N1. The molecule has 0 aromatic carbocycles. The number of hydrogen-bond acceptors (Lipinski definition) is 4. The zero-order valence-corrected chi connectivity index (χ0v) is 9.03. The van der Waals surface area contributed by atoms with Crippen molar-refractivity contribution < 1.29 is 0 Å². The molecule has 4 nitrogen and oxygen atoms in total. The van der Waals surface area contributed by atoms with Gasteiger partial charge >= 0.3 is 0 Å². The van der Waals surface area contributed by atoms with Crippen LogP contribution in [0.2, 0.25) is 0 Å². The van der Waals surface area contributed by atoms with Gasteiger partial charge in [0.2, 0.25) is 0 Å². The smallest absolute Gasteiger partial charge is 0.177 e. The summed E-state index contributed by atoms with van der Waals surface area (Å²) >= 11 is 6.61. The van der Waals surface area contributed by atoms with Crippen LogP contribution in [0, 0.1) is 0 Å². The minimum absolute atomic E-state index is 0.0798. The molecule has 0 unspecified atom stereocenters. The molecule has 6 heteroatoms. The predicted molar refractivity (Wildman–Crippen MR) is 56.0 cm³/mol. The summed E-state index contributed by atoms with van der Waals surface area (Å²) in [5.41, 5.74) is 0. The van der Waals surface area contributed by atoms with Crippen LogP contribution in [0.3, 0.4) is 0 Å². The van der Waals surface area contributed by atoms with Crippen LogP contribution < -0.4 is 0 Å². The van der Waals surface area contributed by atoms with Gasteiger partial charge in [0, 0.05) is 6.20 Å². The van der Waals surface area contributed by atoms with Crippen molar-refractivity contribution in [3.05, 3.63) is 10.8 Å². The van der Waals surface area contributed by atoms with E-state index in [1.807, 2.05) is 11.1 Å². The topological polar surface area (TPSA) is 40.3 Å². The van der Waals surface area contributed by atoms with Crippen LogP contribution in [-0.4, -0.2) is 28.4 Å². The van der Waals surface area contributed by atoms with E-state index in [2.05, 4.69) is 46.8 Å². The van der Waals surface area contributed by atoms with Crippen molar-refractivity contribution >= 4 is 49.2 Å². The van der Waals surface area contributed by atoms with Crippen LogP contribution in [-0.2, 0) is 0 Å². The van der Waals surface area contributed by atoms with Crippen molar-refractivity contribution in [2.24, 2.45) is 15.0 Å². The first-order valence-electron chi connectivity index (χ1n) is 3.21. The Labute approximate surface area is 86.0 Å². The van der Waals surface area contributed by atoms with Crippen molar-refractivity contribution in [3.8, 4) is 0 Å². The van der Waals surface area contributed by atoms with E-state index >= 15 is 0 Å². The van der Waals surface area contributed by atoms with Gasteiger partial charge in [0.05, 0.1) is 6.34 Å². The molecule has 0 radical (unpaired) electrons. The highest BCUT2D eigenvalue weighted by Crippen LogP contribution is 2.21. The van der Waals surface area contributed by atoms with E-state index < -0.39 is 0 Å². The average Bonchev–Trinajstić information content (AvgIpc) is 2.04. The molecule has 0 aromatic heterocycles. The fourth-order valence-corrected chi connectivity index (χ4v) is 2.16. The molecule has 0 aliphatic carbocycles. The Morgan fingerprint density at radius 1 is 1.42 bits per heavy atom. The third kappa shape index (κ3) is 1.36. The molecule has 0 amide bonds. The summed E-state index contributed by atoms with van der Waals surface area (Å²) in [4.78, 5) is 14.0. The minimum atomic E-state index is -0.0798. The van der Waals surface area contributed by atoms with Gasteiger partial charge in [-0.2, -0.15) is 0 Å². The number of rotatable bonds is 0. The van der Waals surface area contributed by atoms with Gasteiger partial charge in [-0.1, -0.05) is 0 Å². The molecule has 0 aromatic rings. The molecule has 0 saturated heterocycles. The van der Waals surface area contributed by atoms with Crippen LogP contribution in [0.25, 0.3) is 0 Å². The Balaban J connectivity index is 2.36. The van der Waals surface area contributed by atoms with Crippen molar-refractivity contribution in [1.82, 2.24) is 4.90 Å². The zero-order chi connectivity index (χ0) is 8.55. The highest BCUT2D eigenvalue weighted by atomic mass is 79.9. The maximum Gasteiger partial charge on any atom is 0.177 e. The number of fused-ring (bicyclic) bond motifs is 1. The lowest BCUT2D eigenvalue weighted by molar-refractivity contribution is 0.511. The zero-order valence-electron chi connectivity index (χ0n) is 5.85. The second kappa shape index (κ2) is 3.10. The van der Waals surface area contributed by atoms with Crippen LogP contribution in [0.15, 0.2) is 25.8 Å². The molecule has 62 valence electrons. The monoisotopic (exact) mass is 290 g/mol. The van der Waals surface area contributed by atoms with Gasteiger partial charge in [0.1, 0.15) is 15.6 Å². The van der Waals surface area contributed by atoms with Gasteiger partial charge in [-0.25, -0.2) is 15.0 Å². The Kier molecular flexibility index (Phi) is 2.10. The second-order valence-electron chi connectivity index (χ2n) is 2.24. The van der Waals surface area contributed by atoms with Crippen molar-refractivity contribution in [2.45, 2.75) is 6.17 Å². The maximum absolute atomic E-state index is 4.16. The number of halogens is 2. The number of aliphatic imine (C=N–C) groups is 3. The fraction of sp³-hybridized carbons (Fsp3) is 0.167. The van der Waals surface area contributed by atoms with Gasteiger partial charge in [-0.15, -0.1) is 0 Å². The lowest BCUT2D eigenvalue weighted by Crippen LogP contribution is -2.36. The Bertz CT molecular complexity index is 318. The van der Waals surface area contributed by atoms with Crippen LogP contribution in [0.4, 0.5) is 0 Å². The molecule has 1 atom stereocenters. The van der Waals surface area contributed by atoms with E-state index in [1.165, 1.54) is 6.34 Å². The maximum atomic E-state index is 4.16. The molecule has 0 fully saturated rings. The Morgan fingerprint density at radius 2 is 2.25 bits per heavy atom. The first-order chi connectivity index (χ1) is 5.77. The minimum Gasteiger partial charge on any atom is -0.308 e. The summed E-state index contributed by atoms with van der Waals surface area (Å²) in [6.07, 6.45) is 4.97.